The number of benzene rings is 1. The summed E-state index contributed by atoms with van der Waals surface area (Å²) < 4.78 is 51.1. The van der Waals surface area contributed by atoms with Gasteiger partial charge in [0.2, 0.25) is 5.91 Å². The molecular formula is C24H23F2N3O4S. The number of hydrogen-bond acceptors (Lipinski definition) is 6. The highest BCUT2D eigenvalue weighted by Crippen LogP contribution is 2.28. The first-order valence-electron chi connectivity index (χ1n) is 10.4. The molecular weight excluding hydrogens is 464 g/mol. The highest BCUT2D eigenvalue weighted by atomic mass is 32.2. The quantitative estimate of drug-likeness (QED) is 0.483. The van der Waals surface area contributed by atoms with Gasteiger partial charge in [-0.1, -0.05) is 19.1 Å². The van der Waals surface area contributed by atoms with Gasteiger partial charge in [0.15, 0.2) is 15.6 Å². The Morgan fingerprint density at radius 1 is 1.00 bits per heavy atom. The zero-order valence-electron chi connectivity index (χ0n) is 18.8. The number of aromatic nitrogens is 2. The Balaban J connectivity index is 1.67. The van der Waals surface area contributed by atoms with E-state index in [1.165, 1.54) is 44.3 Å². The van der Waals surface area contributed by atoms with Crippen molar-refractivity contribution in [3.05, 3.63) is 83.4 Å². The van der Waals surface area contributed by atoms with Crippen LogP contribution in [0.1, 0.15) is 42.5 Å². The van der Waals surface area contributed by atoms with Gasteiger partial charge in [-0.05, 0) is 43.7 Å². The van der Waals surface area contributed by atoms with E-state index in [4.69, 9.17) is 0 Å². The number of nitrogens with zero attached hydrogens (tertiary/aromatic N) is 2. The number of halogens is 2. The van der Waals surface area contributed by atoms with E-state index in [0.717, 1.165) is 6.20 Å². The first kappa shape index (κ1) is 25.1. The van der Waals surface area contributed by atoms with Gasteiger partial charge in [0.1, 0.15) is 17.3 Å². The third-order valence-electron chi connectivity index (χ3n) is 5.27. The molecule has 3 rings (SSSR count). The number of amides is 1. The molecule has 0 radical (unpaired) electrons. The summed E-state index contributed by atoms with van der Waals surface area (Å²) in [5.41, 5.74) is -0.594. The summed E-state index contributed by atoms with van der Waals surface area (Å²) in [5.74, 6) is -2.66. The first-order chi connectivity index (χ1) is 15.9. The van der Waals surface area contributed by atoms with Crippen molar-refractivity contribution in [2.24, 2.45) is 0 Å². The van der Waals surface area contributed by atoms with Crippen LogP contribution in [0.3, 0.4) is 0 Å². The molecule has 0 saturated carbocycles. The number of anilines is 1. The van der Waals surface area contributed by atoms with E-state index in [1.54, 1.807) is 19.1 Å². The molecule has 2 aromatic heterocycles. The third-order valence-corrected chi connectivity index (χ3v) is 7.03. The molecule has 0 bridgehead atoms. The second kappa shape index (κ2) is 9.76. The van der Waals surface area contributed by atoms with Gasteiger partial charge in [-0.15, -0.1) is 0 Å². The maximum atomic E-state index is 14.2. The van der Waals surface area contributed by atoms with E-state index in [1.807, 2.05) is 0 Å². The molecule has 178 valence electrons. The van der Waals surface area contributed by atoms with Gasteiger partial charge in [-0.2, -0.15) is 0 Å². The molecule has 0 fully saturated rings. The Labute approximate surface area is 196 Å². The summed E-state index contributed by atoms with van der Waals surface area (Å²) in [4.78, 5) is 33.2. The number of Topliss-reactive ketones (excluding diaryl/α,β-unsaturated/α-hetero) is 1. The Morgan fingerprint density at radius 3 is 2.24 bits per heavy atom. The highest BCUT2D eigenvalue weighted by Gasteiger charge is 2.35. The average Bonchev–Trinajstić information content (AvgIpc) is 2.79. The number of carbonyl (C=O) groups is 2. The van der Waals surface area contributed by atoms with Crippen molar-refractivity contribution < 1.29 is 26.8 Å². The molecule has 1 amide bonds. The van der Waals surface area contributed by atoms with Crippen LogP contribution in [-0.4, -0.2) is 35.8 Å². The van der Waals surface area contributed by atoms with E-state index >= 15 is 0 Å². The number of hydrogen-bond donors (Lipinski definition) is 1. The molecule has 0 aliphatic rings. The average molecular weight is 488 g/mol. The topological polar surface area (TPSA) is 106 Å². The fourth-order valence-corrected chi connectivity index (χ4v) is 4.16. The number of rotatable bonds is 8. The van der Waals surface area contributed by atoms with E-state index in [2.05, 4.69) is 15.3 Å². The third kappa shape index (κ3) is 5.51. The Hall–Kier alpha value is -3.53. The molecule has 0 spiro atoms. The fraction of sp³-hybridized carbons (Fsp3) is 0.250. The van der Waals surface area contributed by atoms with Crippen LogP contribution < -0.4 is 5.32 Å². The zero-order chi connectivity index (χ0) is 25.1. The maximum absolute atomic E-state index is 14.2. The van der Waals surface area contributed by atoms with Crippen molar-refractivity contribution in [2.45, 2.75) is 37.5 Å². The van der Waals surface area contributed by atoms with Gasteiger partial charge in [-0.25, -0.2) is 17.2 Å². The summed E-state index contributed by atoms with van der Waals surface area (Å²) >= 11 is 0. The van der Waals surface area contributed by atoms with Gasteiger partial charge in [0.05, 0.1) is 46.3 Å². The van der Waals surface area contributed by atoms with Crippen LogP contribution in [0.15, 0.2) is 59.8 Å². The Bertz CT molecular complexity index is 1320. The smallest absolute Gasteiger partial charge is 0.228 e. The molecule has 2 heterocycles. The SMILES string of the molecule is CCS(=O)(=O)c1ccc(CC(=O)Nc2ccc(C(=O)C(C)(C)c3ncc(F)cc3F)nc2)cc1. The molecule has 3 aromatic rings. The van der Waals surface area contributed by atoms with Crippen LogP contribution in [0.25, 0.3) is 0 Å². The Kier molecular flexibility index (Phi) is 7.21. The monoisotopic (exact) mass is 487 g/mol. The van der Waals surface area contributed by atoms with Crippen LogP contribution >= 0.6 is 0 Å². The summed E-state index contributed by atoms with van der Waals surface area (Å²) in [6, 6.07) is 9.62. The fourth-order valence-electron chi connectivity index (χ4n) is 3.28. The Morgan fingerprint density at radius 2 is 1.68 bits per heavy atom. The van der Waals surface area contributed by atoms with E-state index < -0.39 is 32.7 Å². The number of ketones is 1. The summed E-state index contributed by atoms with van der Waals surface area (Å²) in [6.45, 7) is 4.49. The predicted octanol–water partition coefficient (Wildman–Crippen LogP) is 3.89. The minimum absolute atomic E-state index is 0.00906. The lowest BCUT2D eigenvalue weighted by Crippen LogP contribution is -2.32. The van der Waals surface area contributed by atoms with Crippen LogP contribution in [-0.2, 0) is 26.5 Å². The molecule has 0 atom stereocenters. The predicted molar refractivity (Wildman–Crippen MR) is 122 cm³/mol. The van der Waals surface area contributed by atoms with Gasteiger partial charge in [0, 0.05) is 6.07 Å². The highest BCUT2D eigenvalue weighted by molar-refractivity contribution is 7.91. The van der Waals surface area contributed by atoms with E-state index in [9.17, 15) is 26.8 Å². The van der Waals surface area contributed by atoms with Crippen LogP contribution in [0.2, 0.25) is 0 Å². The molecule has 7 nitrogen and oxygen atoms in total. The molecule has 1 aromatic carbocycles. The lowest BCUT2D eigenvalue weighted by molar-refractivity contribution is -0.115. The van der Waals surface area contributed by atoms with Crippen molar-refractivity contribution in [3.63, 3.8) is 0 Å². The summed E-state index contributed by atoms with van der Waals surface area (Å²) in [6.07, 6.45) is 2.15. The zero-order valence-corrected chi connectivity index (χ0v) is 19.6. The number of nitrogens with one attached hydrogen (secondary N) is 1. The largest absolute Gasteiger partial charge is 0.324 e. The minimum atomic E-state index is -3.31. The summed E-state index contributed by atoms with van der Waals surface area (Å²) in [7, 11) is -3.31. The summed E-state index contributed by atoms with van der Waals surface area (Å²) in [5, 5.41) is 2.65. The first-order valence-corrected chi connectivity index (χ1v) is 12.0. The van der Waals surface area contributed by atoms with Gasteiger partial charge in [0.25, 0.3) is 0 Å². The number of pyridine rings is 2. The molecule has 34 heavy (non-hydrogen) atoms. The van der Waals surface area contributed by atoms with Crippen molar-refractivity contribution in [2.75, 3.05) is 11.1 Å². The standard InChI is InChI=1S/C24H23F2N3O4S/c1-4-34(32,33)18-8-5-15(6-9-18)11-21(30)29-17-7-10-20(27-14-17)23(31)24(2,3)22-19(26)12-16(25)13-28-22/h5-10,12-14H,4,11H2,1-3H3,(H,29,30). The van der Waals surface area contributed by atoms with Crippen LogP contribution in [0.4, 0.5) is 14.5 Å². The van der Waals surface area contributed by atoms with Gasteiger partial charge >= 0.3 is 0 Å². The normalized spacial score (nSPS) is 11.8. The van der Waals surface area contributed by atoms with Crippen molar-refractivity contribution in [3.8, 4) is 0 Å². The van der Waals surface area contributed by atoms with Crippen LogP contribution in [0, 0.1) is 11.6 Å². The molecule has 0 aliphatic heterocycles. The van der Waals surface area contributed by atoms with Gasteiger partial charge in [-0.3, -0.25) is 19.6 Å². The van der Waals surface area contributed by atoms with E-state index in [-0.39, 0.29) is 34.4 Å². The molecule has 10 heteroatoms. The molecule has 0 aliphatic carbocycles. The second-order valence-electron chi connectivity index (χ2n) is 8.14. The second-order valence-corrected chi connectivity index (χ2v) is 10.4. The lowest BCUT2D eigenvalue weighted by Gasteiger charge is -2.22. The van der Waals surface area contributed by atoms with Crippen molar-refractivity contribution in [1.82, 2.24) is 9.97 Å². The van der Waals surface area contributed by atoms with E-state index in [0.29, 0.717) is 17.3 Å². The number of sulfone groups is 1. The van der Waals surface area contributed by atoms with Crippen molar-refractivity contribution in [1.29, 1.82) is 0 Å². The van der Waals surface area contributed by atoms with Gasteiger partial charge < -0.3 is 5.32 Å². The maximum Gasteiger partial charge on any atom is 0.228 e. The minimum Gasteiger partial charge on any atom is -0.324 e. The van der Waals surface area contributed by atoms with Crippen molar-refractivity contribution >= 4 is 27.2 Å². The molecule has 1 N–H and O–H groups in total. The lowest BCUT2D eigenvalue weighted by atomic mass is 9.82. The molecule has 0 saturated heterocycles. The number of carbonyl (C=O) groups excluding carboxylic acids is 2. The van der Waals surface area contributed by atoms with Crippen LogP contribution in [0.5, 0.6) is 0 Å². The molecule has 0 unspecified atom stereocenters.